The highest BCUT2D eigenvalue weighted by Crippen LogP contribution is 2.26. The Morgan fingerprint density at radius 2 is 2.19 bits per heavy atom. The number of β-amino-alcohol motifs (C(OH)–C–C–N with tert-alkyl or cyclic N) is 1. The van der Waals surface area contributed by atoms with E-state index < -0.39 is 5.60 Å². The van der Waals surface area contributed by atoms with Crippen LogP contribution in [-0.4, -0.2) is 52.5 Å². The van der Waals surface area contributed by atoms with E-state index >= 15 is 0 Å². The van der Waals surface area contributed by atoms with Crippen LogP contribution in [0, 0.1) is 6.92 Å². The van der Waals surface area contributed by atoms with E-state index in [0.29, 0.717) is 32.2 Å². The molecule has 3 N–H and O–H groups in total. The van der Waals surface area contributed by atoms with Gasteiger partial charge in [-0.3, -0.25) is 9.59 Å². The number of hydrogen-bond donors (Lipinski definition) is 3. The molecule has 6 heteroatoms. The molecule has 2 aromatic rings. The van der Waals surface area contributed by atoms with Gasteiger partial charge in [-0.2, -0.15) is 0 Å². The number of benzene rings is 1. The minimum absolute atomic E-state index is 0.0297. The van der Waals surface area contributed by atoms with Crippen LogP contribution in [-0.2, 0) is 16.0 Å². The van der Waals surface area contributed by atoms with E-state index in [2.05, 4.69) is 29.4 Å². The SMILES string of the molecule is CNC(=O)CC1(O)CCCN(C(=O)CCc2c[nH]c3c(C)cccc23)C1. The fraction of sp³-hybridized carbons (Fsp3) is 0.500. The predicted octanol–water partition coefficient (Wildman–Crippen LogP) is 1.90. The molecule has 0 radical (unpaired) electrons. The maximum Gasteiger partial charge on any atom is 0.223 e. The number of carbonyl (C=O) groups excluding carboxylic acids is 2. The molecule has 1 fully saturated rings. The summed E-state index contributed by atoms with van der Waals surface area (Å²) in [5.41, 5.74) is 2.32. The van der Waals surface area contributed by atoms with E-state index in [1.165, 1.54) is 5.56 Å². The number of aromatic amines is 1. The van der Waals surface area contributed by atoms with E-state index in [1.807, 2.05) is 12.3 Å². The van der Waals surface area contributed by atoms with Crippen LogP contribution >= 0.6 is 0 Å². The van der Waals surface area contributed by atoms with Gasteiger partial charge in [-0.05, 0) is 37.3 Å². The normalized spacial score (nSPS) is 20.3. The van der Waals surface area contributed by atoms with Gasteiger partial charge in [0.05, 0.1) is 12.0 Å². The lowest BCUT2D eigenvalue weighted by Crippen LogP contribution is -2.52. The van der Waals surface area contributed by atoms with Crippen molar-refractivity contribution in [1.82, 2.24) is 15.2 Å². The van der Waals surface area contributed by atoms with Gasteiger partial charge in [0, 0.05) is 43.7 Å². The van der Waals surface area contributed by atoms with Crippen LogP contribution in [0.5, 0.6) is 0 Å². The molecule has 26 heavy (non-hydrogen) atoms. The second kappa shape index (κ2) is 7.50. The number of nitrogens with zero attached hydrogens (tertiary/aromatic N) is 1. The molecule has 1 atom stereocenters. The first-order valence-electron chi connectivity index (χ1n) is 9.18. The number of aliphatic hydroxyl groups is 1. The van der Waals surface area contributed by atoms with Gasteiger partial charge in [0.25, 0.3) is 0 Å². The van der Waals surface area contributed by atoms with Crippen molar-refractivity contribution in [2.75, 3.05) is 20.1 Å². The predicted molar refractivity (Wildman–Crippen MR) is 101 cm³/mol. The summed E-state index contributed by atoms with van der Waals surface area (Å²) in [6, 6.07) is 6.16. The summed E-state index contributed by atoms with van der Waals surface area (Å²) in [4.78, 5) is 29.3. The summed E-state index contributed by atoms with van der Waals surface area (Å²) >= 11 is 0. The van der Waals surface area contributed by atoms with Crippen LogP contribution in [0.1, 0.15) is 36.8 Å². The summed E-state index contributed by atoms with van der Waals surface area (Å²) in [5, 5.41) is 14.4. The number of para-hydroxylation sites is 1. The zero-order valence-corrected chi connectivity index (χ0v) is 15.5. The minimum atomic E-state index is -1.12. The lowest BCUT2D eigenvalue weighted by molar-refractivity contribution is -0.142. The first-order chi connectivity index (χ1) is 12.4. The average molecular weight is 357 g/mol. The topological polar surface area (TPSA) is 85.4 Å². The highest BCUT2D eigenvalue weighted by atomic mass is 16.3. The van der Waals surface area contributed by atoms with Crippen LogP contribution in [0.15, 0.2) is 24.4 Å². The fourth-order valence-electron chi connectivity index (χ4n) is 3.83. The van der Waals surface area contributed by atoms with Crippen molar-refractivity contribution in [3.63, 3.8) is 0 Å². The molecule has 0 spiro atoms. The Kier molecular flexibility index (Phi) is 5.32. The maximum atomic E-state index is 12.6. The largest absolute Gasteiger partial charge is 0.388 e. The lowest BCUT2D eigenvalue weighted by Gasteiger charge is -2.39. The Bertz CT molecular complexity index is 814. The second-order valence-corrected chi connectivity index (χ2v) is 7.30. The van der Waals surface area contributed by atoms with Crippen LogP contribution in [0.3, 0.4) is 0 Å². The third kappa shape index (κ3) is 3.90. The number of rotatable bonds is 5. The molecule has 2 amide bonds. The van der Waals surface area contributed by atoms with E-state index in [-0.39, 0.29) is 24.8 Å². The number of nitrogens with one attached hydrogen (secondary N) is 2. The quantitative estimate of drug-likeness (QED) is 0.764. The van der Waals surface area contributed by atoms with E-state index in [0.717, 1.165) is 16.5 Å². The first-order valence-corrected chi connectivity index (χ1v) is 9.18. The van der Waals surface area contributed by atoms with Crippen molar-refractivity contribution in [3.8, 4) is 0 Å². The monoisotopic (exact) mass is 357 g/mol. The molecule has 0 saturated carbocycles. The van der Waals surface area contributed by atoms with Crippen molar-refractivity contribution >= 4 is 22.7 Å². The summed E-state index contributed by atoms with van der Waals surface area (Å²) in [6.07, 6.45) is 4.33. The Hall–Kier alpha value is -2.34. The molecule has 1 aliphatic rings. The number of carbonyl (C=O) groups is 2. The number of amides is 2. The zero-order valence-electron chi connectivity index (χ0n) is 15.5. The Morgan fingerprint density at radius 1 is 1.38 bits per heavy atom. The summed E-state index contributed by atoms with van der Waals surface area (Å²) in [6.45, 7) is 2.93. The van der Waals surface area contributed by atoms with Gasteiger partial charge in [-0.15, -0.1) is 0 Å². The molecule has 0 bridgehead atoms. The third-order valence-electron chi connectivity index (χ3n) is 5.29. The van der Waals surface area contributed by atoms with Gasteiger partial charge in [0.2, 0.25) is 11.8 Å². The summed E-state index contributed by atoms with van der Waals surface area (Å²) < 4.78 is 0. The van der Waals surface area contributed by atoms with Gasteiger partial charge in [0.15, 0.2) is 0 Å². The van der Waals surface area contributed by atoms with Gasteiger partial charge in [0.1, 0.15) is 0 Å². The fourth-order valence-corrected chi connectivity index (χ4v) is 3.83. The molecular weight excluding hydrogens is 330 g/mol. The van der Waals surface area contributed by atoms with Crippen molar-refractivity contribution in [2.45, 2.75) is 44.6 Å². The van der Waals surface area contributed by atoms with Crippen LogP contribution in [0.2, 0.25) is 0 Å². The molecule has 1 aromatic carbocycles. The molecule has 1 aromatic heterocycles. The number of H-pyrrole nitrogens is 1. The molecular formula is C20H27N3O3. The van der Waals surface area contributed by atoms with Crippen LogP contribution < -0.4 is 5.32 Å². The molecule has 1 unspecified atom stereocenters. The van der Waals surface area contributed by atoms with Gasteiger partial charge in [-0.1, -0.05) is 18.2 Å². The number of hydrogen-bond acceptors (Lipinski definition) is 3. The Morgan fingerprint density at radius 3 is 2.96 bits per heavy atom. The molecule has 1 saturated heterocycles. The van der Waals surface area contributed by atoms with E-state index in [9.17, 15) is 14.7 Å². The zero-order chi connectivity index (χ0) is 18.7. The Labute approximate surface area is 153 Å². The van der Waals surface area contributed by atoms with Gasteiger partial charge >= 0.3 is 0 Å². The van der Waals surface area contributed by atoms with Crippen molar-refractivity contribution in [3.05, 3.63) is 35.5 Å². The van der Waals surface area contributed by atoms with Crippen molar-refractivity contribution in [2.24, 2.45) is 0 Å². The number of aryl methyl sites for hydroxylation is 2. The third-order valence-corrected chi connectivity index (χ3v) is 5.29. The maximum absolute atomic E-state index is 12.6. The van der Waals surface area contributed by atoms with Gasteiger partial charge < -0.3 is 20.3 Å². The number of aromatic nitrogens is 1. The molecule has 6 nitrogen and oxygen atoms in total. The highest BCUT2D eigenvalue weighted by Gasteiger charge is 2.36. The van der Waals surface area contributed by atoms with E-state index in [4.69, 9.17) is 0 Å². The first kappa shape index (κ1) is 18.5. The summed E-state index contributed by atoms with van der Waals surface area (Å²) in [7, 11) is 1.56. The smallest absolute Gasteiger partial charge is 0.223 e. The second-order valence-electron chi connectivity index (χ2n) is 7.30. The van der Waals surface area contributed by atoms with Crippen molar-refractivity contribution < 1.29 is 14.7 Å². The number of fused-ring (bicyclic) bond motifs is 1. The number of piperidine rings is 1. The molecule has 3 rings (SSSR count). The molecule has 0 aliphatic carbocycles. The van der Waals surface area contributed by atoms with Crippen LogP contribution in [0.4, 0.5) is 0 Å². The minimum Gasteiger partial charge on any atom is -0.388 e. The number of likely N-dealkylation sites (tertiary alicyclic amines) is 1. The molecule has 2 heterocycles. The van der Waals surface area contributed by atoms with Gasteiger partial charge in [-0.25, -0.2) is 0 Å². The van der Waals surface area contributed by atoms with Crippen molar-refractivity contribution in [1.29, 1.82) is 0 Å². The molecule has 1 aliphatic heterocycles. The Balaban J connectivity index is 1.62. The summed E-state index contributed by atoms with van der Waals surface area (Å²) in [5.74, 6) is -0.169. The van der Waals surface area contributed by atoms with E-state index in [1.54, 1.807) is 11.9 Å². The molecule has 140 valence electrons. The highest BCUT2D eigenvalue weighted by molar-refractivity contribution is 5.86. The standard InChI is InChI=1S/C20H27N3O3/c1-14-5-3-6-16-15(12-22-19(14)16)7-8-18(25)23-10-4-9-20(26,13-23)11-17(24)21-2/h3,5-6,12,22,26H,4,7-11,13H2,1-2H3,(H,21,24). The lowest BCUT2D eigenvalue weighted by atomic mass is 9.89. The van der Waals surface area contributed by atoms with Crippen LogP contribution in [0.25, 0.3) is 10.9 Å². The average Bonchev–Trinajstić information content (AvgIpc) is 3.03.